The second-order valence-corrected chi connectivity index (χ2v) is 12.7. The molecule has 0 radical (unpaired) electrons. The average Bonchev–Trinajstić information content (AvgIpc) is 3.45. The lowest BCUT2D eigenvalue weighted by molar-refractivity contribution is -0.137. The molecule has 192 valence electrons. The fourth-order valence-corrected chi connectivity index (χ4v) is 5.65. The van der Waals surface area contributed by atoms with Gasteiger partial charge in [0.05, 0.1) is 23.1 Å². The van der Waals surface area contributed by atoms with Crippen LogP contribution in [0, 0.1) is 5.41 Å². The van der Waals surface area contributed by atoms with Crippen molar-refractivity contribution >= 4 is 39.1 Å². The number of halogens is 1. The zero-order valence-electron chi connectivity index (χ0n) is 21.8. The Kier molecular flexibility index (Phi) is 7.71. The van der Waals surface area contributed by atoms with Gasteiger partial charge in [0.25, 0.3) is 5.91 Å². The number of amides is 2. The van der Waals surface area contributed by atoms with Crippen molar-refractivity contribution in [1.82, 2.24) is 24.6 Å². The third-order valence-corrected chi connectivity index (χ3v) is 7.66. The van der Waals surface area contributed by atoms with Crippen molar-refractivity contribution in [3.8, 4) is 16.4 Å². The standard InChI is InChI=1S/C27H34BrN5O2S/c1-17(2)24-21(25(35)31-11-12-32(18(3)15-31)23(34)13-27(4,5)6)14-29-33(24)26-30-22(16-36-26)19-7-9-20(28)10-8-19/h7-10,14,16-18H,11-13,15H2,1-6H3. The second-order valence-electron chi connectivity index (χ2n) is 11.0. The number of thiazole rings is 1. The van der Waals surface area contributed by atoms with Gasteiger partial charge >= 0.3 is 0 Å². The molecule has 3 aromatic rings. The van der Waals surface area contributed by atoms with Gasteiger partial charge in [-0.05, 0) is 30.4 Å². The first-order valence-electron chi connectivity index (χ1n) is 12.3. The third kappa shape index (κ3) is 5.72. The van der Waals surface area contributed by atoms with Gasteiger partial charge in [0.2, 0.25) is 11.0 Å². The summed E-state index contributed by atoms with van der Waals surface area (Å²) in [6, 6.07) is 8.02. The number of hydrogen-bond acceptors (Lipinski definition) is 5. The van der Waals surface area contributed by atoms with Crippen molar-refractivity contribution in [2.24, 2.45) is 5.41 Å². The third-order valence-electron chi connectivity index (χ3n) is 6.31. The van der Waals surface area contributed by atoms with E-state index in [2.05, 4.69) is 55.6 Å². The van der Waals surface area contributed by atoms with Gasteiger partial charge in [-0.3, -0.25) is 9.59 Å². The molecule has 1 aromatic carbocycles. The molecule has 7 nitrogen and oxygen atoms in total. The summed E-state index contributed by atoms with van der Waals surface area (Å²) in [4.78, 5) is 35.0. The molecule has 1 unspecified atom stereocenters. The fourth-order valence-electron chi connectivity index (χ4n) is 4.58. The molecule has 36 heavy (non-hydrogen) atoms. The topological polar surface area (TPSA) is 71.3 Å². The Balaban J connectivity index is 1.54. The number of carbonyl (C=O) groups is 2. The second kappa shape index (κ2) is 10.5. The molecule has 1 saturated heterocycles. The summed E-state index contributed by atoms with van der Waals surface area (Å²) in [5.41, 5.74) is 3.31. The van der Waals surface area contributed by atoms with E-state index in [0.717, 1.165) is 26.6 Å². The van der Waals surface area contributed by atoms with Crippen LogP contribution < -0.4 is 0 Å². The number of piperazine rings is 1. The SMILES string of the molecule is CC(C)c1c(C(=O)N2CCN(C(=O)CC(C)(C)C)C(C)C2)cnn1-c1nc(-c2ccc(Br)cc2)cs1. The molecule has 3 heterocycles. The van der Waals surface area contributed by atoms with Gasteiger partial charge in [0.15, 0.2) is 0 Å². The molecule has 2 aromatic heterocycles. The molecule has 1 atom stereocenters. The van der Waals surface area contributed by atoms with Crippen LogP contribution in [0.15, 0.2) is 40.3 Å². The number of carbonyl (C=O) groups excluding carboxylic acids is 2. The Bertz CT molecular complexity index is 1240. The highest BCUT2D eigenvalue weighted by atomic mass is 79.9. The molecule has 0 spiro atoms. The molecule has 9 heteroatoms. The van der Waals surface area contributed by atoms with Gasteiger partial charge in [-0.15, -0.1) is 11.3 Å². The van der Waals surface area contributed by atoms with Crippen LogP contribution in [0.1, 0.15) is 69.9 Å². The van der Waals surface area contributed by atoms with Gasteiger partial charge in [-0.25, -0.2) is 9.67 Å². The summed E-state index contributed by atoms with van der Waals surface area (Å²) in [6.07, 6.45) is 2.17. The van der Waals surface area contributed by atoms with E-state index in [4.69, 9.17) is 4.98 Å². The first kappa shape index (κ1) is 26.5. The molecule has 0 N–H and O–H groups in total. The molecule has 0 aliphatic carbocycles. The first-order valence-corrected chi connectivity index (χ1v) is 14.0. The maximum absolute atomic E-state index is 13.6. The zero-order valence-corrected chi connectivity index (χ0v) is 24.2. The lowest BCUT2D eigenvalue weighted by Crippen LogP contribution is -2.55. The van der Waals surface area contributed by atoms with Crippen LogP contribution in [0.2, 0.25) is 0 Å². The average molecular weight is 573 g/mol. The number of nitrogens with zero attached hydrogens (tertiary/aromatic N) is 5. The number of hydrogen-bond donors (Lipinski definition) is 0. The summed E-state index contributed by atoms with van der Waals surface area (Å²) < 4.78 is 2.82. The normalized spacial score (nSPS) is 16.6. The largest absolute Gasteiger partial charge is 0.336 e. The minimum absolute atomic E-state index is 0.0254. The van der Waals surface area contributed by atoms with Crippen LogP contribution in [0.25, 0.3) is 16.4 Å². The molecule has 1 aliphatic rings. The maximum Gasteiger partial charge on any atom is 0.257 e. The Morgan fingerprint density at radius 1 is 1.17 bits per heavy atom. The van der Waals surface area contributed by atoms with E-state index in [9.17, 15) is 9.59 Å². The minimum Gasteiger partial charge on any atom is -0.336 e. The highest BCUT2D eigenvalue weighted by Gasteiger charge is 2.33. The van der Waals surface area contributed by atoms with E-state index < -0.39 is 0 Å². The number of rotatable bonds is 5. The smallest absolute Gasteiger partial charge is 0.257 e. The van der Waals surface area contributed by atoms with Gasteiger partial charge in [0, 0.05) is 47.5 Å². The molecule has 1 fully saturated rings. The van der Waals surface area contributed by atoms with Crippen molar-refractivity contribution in [3.63, 3.8) is 0 Å². The van der Waals surface area contributed by atoms with Gasteiger partial charge in [0.1, 0.15) is 0 Å². The molecule has 0 saturated carbocycles. The van der Waals surface area contributed by atoms with E-state index >= 15 is 0 Å². The van der Waals surface area contributed by atoms with E-state index in [1.165, 1.54) is 11.3 Å². The summed E-state index contributed by atoms with van der Waals surface area (Å²) in [6.45, 7) is 14.0. The van der Waals surface area contributed by atoms with E-state index in [-0.39, 0.29) is 29.2 Å². The van der Waals surface area contributed by atoms with Gasteiger partial charge in [-0.2, -0.15) is 5.10 Å². The molecule has 4 rings (SSSR count). The molecule has 0 bridgehead atoms. The van der Waals surface area contributed by atoms with Crippen LogP contribution in [0.5, 0.6) is 0 Å². The van der Waals surface area contributed by atoms with Gasteiger partial charge < -0.3 is 9.80 Å². The monoisotopic (exact) mass is 571 g/mol. The highest BCUT2D eigenvalue weighted by Crippen LogP contribution is 2.30. The van der Waals surface area contributed by atoms with E-state index in [0.29, 0.717) is 31.6 Å². The molecule has 2 amide bonds. The van der Waals surface area contributed by atoms with E-state index in [1.54, 1.807) is 10.9 Å². The highest BCUT2D eigenvalue weighted by molar-refractivity contribution is 9.10. The van der Waals surface area contributed by atoms with Gasteiger partial charge in [-0.1, -0.05) is 62.7 Å². The van der Waals surface area contributed by atoms with Crippen LogP contribution in [-0.4, -0.2) is 62.1 Å². The lowest BCUT2D eigenvalue weighted by Gasteiger charge is -2.40. The van der Waals surface area contributed by atoms with Crippen LogP contribution in [0.3, 0.4) is 0 Å². The zero-order chi connectivity index (χ0) is 26.2. The lowest BCUT2D eigenvalue weighted by atomic mass is 9.91. The molecular weight excluding hydrogens is 538 g/mol. The maximum atomic E-state index is 13.6. The molecular formula is C27H34BrN5O2S. The summed E-state index contributed by atoms with van der Waals surface area (Å²) in [5, 5.41) is 7.35. The Hall–Kier alpha value is -2.52. The summed E-state index contributed by atoms with van der Waals surface area (Å²) >= 11 is 4.98. The van der Waals surface area contributed by atoms with E-state index in [1.807, 2.05) is 46.4 Å². The van der Waals surface area contributed by atoms with Crippen molar-refractivity contribution in [3.05, 3.63) is 51.6 Å². The Morgan fingerprint density at radius 2 is 1.86 bits per heavy atom. The van der Waals surface area contributed by atoms with Crippen molar-refractivity contribution < 1.29 is 9.59 Å². The Labute approximate surface area is 225 Å². The first-order chi connectivity index (χ1) is 16.9. The predicted octanol–water partition coefficient (Wildman–Crippen LogP) is 5.99. The minimum atomic E-state index is -0.0580. The van der Waals surface area contributed by atoms with Crippen molar-refractivity contribution in [2.75, 3.05) is 19.6 Å². The summed E-state index contributed by atoms with van der Waals surface area (Å²) in [5.74, 6) is 0.200. The van der Waals surface area contributed by atoms with Crippen molar-refractivity contribution in [1.29, 1.82) is 0 Å². The quantitative estimate of drug-likeness (QED) is 0.377. The number of benzene rings is 1. The van der Waals surface area contributed by atoms with Crippen molar-refractivity contribution in [2.45, 2.75) is 59.9 Å². The molecule has 1 aliphatic heterocycles. The van der Waals surface area contributed by atoms with Crippen LogP contribution in [0.4, 0.5) is 0 Å². The fraction of sp³-hybridized carbons (Fsp3) is 0.481. The predicted molar refractivity (Wildman–Crippen MR) is 148 cm³/mol. The van der Waals surface area contributed by atoms with Crippen LogP contribution >= 0.6 is 27.3 Å². The summed E-state index contributed by atoms with van der Waals surface area (Å²) in [7, 11) is 0. The van der Waals surface area contributed by atoms with Crippen LogP contribution in [-0.2, 0) is 4.79 Å². The Morgan fingerprint density at radius 3 is 2.47 bits per heavy atom. The number of aromatic nitrogens is 3.